The van der Waals surface area contributed by atoms with Crippen LogP contribution in [-0.4, -0.2) is 22.6 Å². The van der Waals surface area contributed by atoms with Gasteiger partial charge in [0, 0.05) is 29.9 Å². The molecule has 0 aliphatic carbocycles. The topological polar surface area (TPSA) is 71.3 Å². The standard InChI is InChI=1S/C21H22N4O2/c1-2-15-5-7-16(8-6-15)21-23-19(27-24-21)14-22-17-9-11-18(12-10-17)25-13-3-4-20(25)26/h5-12,22H,2-4,13-14H2,1H3. The summed E-state index contributed by atoms with van der Waals surface area (Å²) in [6.07, 6.45) is 2.58. The molecule has 6 heteroatoms. The van der Waals surface area contributed by atoms with E-state index in [0.29, 0.717) is 24.7 Å². The Hall–Kier alpha value is -3.15. The maximum Gasteiger partial charge on any atom is 0.246 e. The first-order valence-corrected chi connectivity index (χ1v) is 9.29. The number of anilines is 2. The molecular weight excluding hydrogens is 340 g/mol. The molecule has 0 unspecified atom stereocenters. The Kier molecular flexibility index (Phi) is 4.87. The highest BCUT2D eigenvalue weighted by Crippen LogP contribution is 2.23. The van der Waals surface area contributed by atoms with Crippen molar-refractivity contribution in [1.29, 1.82) is 0 Å². The number of benzene rings is 2. The molecule has 27 heavy (non-hydrogen) atoms. The molecule has 1 amide bonds. The van der Waals surface area contributed by atoms with E-state index in [4.69, 9.17) is 4.52 Å². The van der Waals surface area contributed by atoms with Crippen LogP contribution >= 0.6 is 0 Å². The molecule has 0 atom stereocenters. The first-order chi connectivity index (χ1) is 13.2. The zero-order chi connectivity index (χ0) is 18.6. The number of hydrogen-bond donors (Lipinski definition) is 1. The van der Waals surface area contributed by atoms with Gasteiger partial charge in [-0.2, -0.15) is 4.98 Å². The molecule has 2 heterocycles. The van der Waals surface area contributed by atoms with Gasteiger partial charge in [-0.15, -0.1) is 0 Å². The highest BCUT2D eigenvalue weighted by atomic mass is 16.5. The fraction of sp³-hybridized carbons (Fsp3) is 0.286. The Bertz CT molecular complexity index is 916. The summed E-state index contributed by atoms with van der Waals surface area (Å²) in [7, 11) is 0. The summed E-state index contributed by atoms with van der Waals surface area (Å²) in [4.78, 5) is 18.1. The second-order valence-corrected chi connectivity index (χ2v) is 6.61. The van der Waals surface area contributed by atoms with Crippen molar-refractivity contribution in [2.75, 3.05) is 16.8 Å². The summed E-state index contributed by atoms with van der Waals surface area (Å²) in [5.74, 6) is 1.32. The lowest BCUT2D eigenvalue weighted by molar-refractivity contribution is -0.117. The third-order valence-corrected chi connectivity index (χ3v) is 4.78. The molecule has 1 N–H and O–H groups in total. The van der Waals surface area contributed by atoms with Gasteiger partial charge >= 0.3 is 0 Å². The summed E-state index contributed by atoms with van der Waals surface area (Å²) in [5.41, 5.74) is 4.11. The van der Waals surface area contributed by atoms with Crippen LogP contribution in [-0.2, 0) is 17.8 Å². The van der Waals surface area contributed by atoms with Gasteiger partial charge in [0.1, 0.15) is 0 Å². The zero-order valence-electron chi connectivity index (χ0n) is 15.3. The molecule has 4 rings (SSSR count). The summed E-state index contributed by atoms with van der Waals surface area (Å²) in [6.45, 7) is 3.38. The van der Waals surface area contributed by atoms with Crippen molar-refractivity contribution in [3.63, 3.8) is 0 Å². The molecule has 0 saturated carbocycles. The second-order valence-electron chi connectivity index (χ2n) is 6.61. The Morgan fingerprint density at radius 2 is 1.89 bits per heavy atom. The third kappa shape index (κ3) is 3.84. The van der Waals surface area contributed by atoms with Crippen LogP contribution in [0, 0.1) is 0 Å². The molecule has 138 valence electrons. The van der Waals surface area contributed by atoms with E-state index >= 15 is 0 Å². The minimum atomic E-state index is 0.195. The van der Waals surface area contributed by atoms with Crippen molar-refractivity contribution in [3.05, 3.63) is 60.0 Å². The molecule has 1 aromatic heterocycles. The number of amides is 1. The molecule has 2 aromatic carbocycles. The fourth-order valence-corrected chi connectivity index (χ4v) is 3.19. The third-order valence-electron chi connectivity index (χ3n) is 4.78. The van der Waals surface area contributed by atoms with E-state index in [1.165, 1.54) is 5.56 Å². The summed E-state index contributed by atoms with van der Waals surface area (Å²) >= 11 is 0. The molecule has 0 spiro atoms. The van der Waals surface area contributed by atoms with Crippen LogP contribution in [0.1, 0.15) is 31.2 Å². The van der Waals surface area contributed by atoms with Crippen LogP contribution in [0.25, 0.3) is 11.4 Å². The molecule has 3 aromatic rings. The van der Waals surface area contributed by atoms with Gasteiger partial charge < -0.3 is 14.7 Å². The average molecular weight is 362 g/mol. The number of carbonyl (C=O) groups is 1. The first-order valence-electron chi connectivity index (χ1n) is 9.29. The van der Waals surface area contributed by atoms with Crippen molar-refractivity contribution in [2.24, 2.45) is 0 Å². The fourth-order valence-electron chi connectivity index (χ4n) is 3.19. The molecular formula is C21H22N4O2. The average Bonchev–Trinajstić information content (AvgIpc) is 3.36. The maximum absolute atomic E-state index is 11.8. The molecule has 0 radical (unpaired) electrons. The second kappa shape index (κ2) is 7.61. The minimum absolute atomic E-state index is 0.195. The van der Waals surface area contributed by atoms with Crippen LogP contribution in [0.15, 0.2) is 53.1 Å². The lowest BCUT2D eigenvalue weighted by Crippen LogP contribution is -2.23. The van der Waals surface area contributed by atoms with Crippen molar-refractivity contribution in [1.82, 2.24) is 10.1 Å². The van der Waals surface area contributed by atoms with Gasteiger partial charge in [0.25, 0.3) is 0 Å². The van der Waals surface area contributed by atoms with Crippen LogP contribution in [0.5, 0.6) is 0 Å². The SMILES string of the molecule is CCc1ccc(-c2noc(CNc3ccc(N4CCCC4=O)cc3)n2)cc1. The predicted octanol–water partition coefficient (Wildman–Crippen LogP) is 4.04. The van der Waals surface area contributed by atoms with E-state index < -0.39 is 0 Å². The zero-order valence-corrected chi connectivity index (χ0v) is 15.3. The smallest absolute Gasteiger partial charge is 0.246 e. The van der Waals surface area contributed by atoms with Crippen molar-refractivity contribution in [3.8, 4) is 11.4 Å². The highest BCUT2D eigenvalue weighted by Gasteiger charge is 2.21. The van der Waals surface area contributed by atoms with Crippen molar-refractivity contribution in [2.45, 2.75) is 32.7 Å². The van der Waals surface area contributed by atoms with E-state index in [2.05, 4.69) is 34.5 Å². The van der Waals surface area contributed by atoms with Gasteiger partial charge in [-0.25, -0.2) is 0 Å². The van der Waals surface area contributed by atoms with Crippen LogP contribution < -0.4 is 10.2 Å². The van der Waals surface area contributed by atoms with E-state index in [1.54, 1.807) is 0 Å². The maximum atomic E-state index is 11.8. The summed E-state index contributed by atoms with van der Waals surface area (Å²) in [5, 5.41) is 7.33. The molecule has 1 aliphatic rings. The van der Waals surface area contributed by atoms with Gasteiger partial charge in [-0.05, 0) is 42.7 Å². The van der Waals surface area contributed by atoms with E-state index in [0.717, 1.165) is 36.3 Å². The van der Waals surface area contributed by atoms with Gasteiger partial charge in [0.05, 0.1) is 6.54 Å². The molecule has 0 bridgehead atoms. The van der Waals surface area contributed by atoms with Crippen LogP contribution in [0.3, 0.4) is 0 Å². The van der Waals surface area contributed by atoms with Gasteiger partial charge in [0.2, 0.25) is 17.6 Å². The van der Waals surface area contributed by atoms with Gasteiger partial charge in [-0.3, -0.25) is 4.79 Å². The van der Waals surface area contributed by atoms with Gasteiger partial charge in [0.15, 0.2) is 0 Å². The van der Waals surface area contributed by atoms with Crippen LogP contribution in [0.4, 0.5) is 11.4 Å². The number of aryl methyl sites for hydroxylation is 1. The summed E-state index contributed by atoms with van der Waals surface area (Å²) in [6, 6.07) is 16.0. The first kappa shape index (κ1) is 17.3. The Balaban J connectivity index is 1.37. The van der Waals surface area contributed by atoms with Crippen molar-refractivity contribution < 1.29 is 9.32 Å². The number of nitrogens with one attached hydrogen (secondary N) is 1. The monoisotopic (exact) mass is 362 g/mol. The molecule has 1 saturated heterocycles. The summed E-state index contributed by atoms with van der Waals surface area (Å²) < 4.78 is 5.34. The predicted molar refractivity (Wildman–Crippen MR) is 104 cm³/mol. The Morgan fingerprint density at radius 1 is 1.11 bits per heavy atom. The van der Waals surface area contributed by atoms with E-state index in [1.807, 2.05) is 41.3 Å². The number of carbonyl (C=O) groups excluding carboxylic acids is 1. The van der Waals surface area contributed by atoms with Gasteiger partial charge in [-0.1, -0.05) is 36.3 Å². The van der Waals surface area contributed by atoms with Crippen molar-refractivity contribution >= 4 is 17.3 Å². The number of rotatable bonds is 6. The van der Waals surface area contributed by atoms with Crippen LogP contribution in [0.2, 0.25) is 0 Å². The molecule has 1 fully saturated rings. The van der Waals surface area contributed by atoms with E-state index in [9.17, 15) is 4.79 Å². The molecule has 1 aliphatic heterocycles. The Morgan fingerprint density at radius 3 is 2.56 bits per heavy atom. The van der Waals surface area contributed by atoms with E-state index in [-0.39, 0.29) is 5.91 Å². The quantitative estimate of drug-likeness (QED) is 0.717. The largest absolute Gasteiger partial charge is 0.376 e. The lowest BCUT2D eigenvalue weighted by Gasteiger charge is -2.16. The molecule has 6 nitrogen and oxygen atoms in total. The highest BCUT2D eigenvalue weighted by molar-refractivity contribution is 5.95. The minimum Gasteiger partial charge on any atom is -0.376 e. The normalized spacial score (nSPS) is 14.0. The number of nitrogens with zero attached hydrogens (tertiary/aromatic N) is 3. The number of hydrogen-bond acceptors (Lipinski definition) is 5. The number of aromatic nitrogens is 2. The Labute approximate surface area is 158 Å². The lowest BCUT2D eigenvalue weighted by atomic mass is 10.1.